The van der Waals surface area contributed by atoms with Crippen molar-refractivity contribution < 1.29 is 18.9 Å². The van der Waals surface area contributed by atoms with E-state index in [1.54, 1.807) is 11.9 Å². The second kappa shape index (κ2) is 15.5. The molecule has 1 N–H and O–H groups in total. The molecule has 7 rings (SSSR count). The number of fused-ring (bicyclic) bond motifs is 1. The summed E-state index contributed by atoms with van der Waals surface area (Å²) in [4.78, 5) is 43.4. The van der Waals surface area contributed by atoms with Crippen molar-refractivity contribution in [1.29, 1.82) is 5.26 Å². The number of hydrogen-bond donors (Lipinski definition) is 1. The lowest BCUT2D eigenvalue weighted by Gasteiger charge is -2.34. The summed E-state index contributed by atoms with van der Waals surface area (Å²) in [5.41, 5.74) is 9.97. The van der Waals surface area contributed by atoms with Crippen LogP contribution in [0.1, 0.15) is 89.9 Å². The van der Waals surface area contributed by atoms with Gasteiger partial charge in [0.25, 0.3) is 5.91 Å². The normalized spacial score (nSPS) is 16.8. The predicted octanol–water partition coefficient (Wildman–Crippen LogP) is 7.71. The molecule has 54 heavy (non-hydrogen) atoms. The molecule has 4 aromatic rings. The van der Waals surface area contributed by atoms with Gasteiger partial charge in [-0.2, -0.15) is 5.26 Å². The summed E-state index contributed by atoms with van der Waals surface area (Å²) in [7, 11) is 1.56. The molecule has 0 spiro atoms. The van der Waals surface area contributed by atoms with Crippen molar-refractivity contribution in [1.82, 2.24) is 15.4 Å². The van der Waals surface area contributed by atoms with Crippen molar-refractivity contribution in [2.75, 3.05) is 36.5 Å². The van der Waals surface area contributed by atoms with E-state index in [0.29, 0.717) is 24.4 Å². The molecule has 3 heterocycles. The summed E-state index contributed by atoms with van der Waals surface area (Å²) in [6, 6.07) is 23.2. The van der Waals surface area contributed by atoms with Gasteiger partial charge in [0.15, 0.2) is 0 Å². The lowest BCUT2D eigenvalue weighted by atomic mass is 9.91. The SMILES string of the molecule is CNC(=O)C(CCC=O)N1Cc2cc(N3CCC(CCCN(c4ccc(C5(C#N)CC5)cc4)c4cc(-c5c(C)noc5C)ccc4C)CC3)ccc2C1=O. The van der Waals surface area contributed by atoms with E-state index in [0.717, 1.165) is 115 Å². The van der Waals surface area contributed by atoms with Crippen LogP contribution in [-0.2, 0) is 21.5 Å². The van der Waals surface area contributed by atoms with Crippen LogP contribution in [0.3, 0.4) is 0 Å². The van der Waals surface area contributed by atoms with Gasteiger partial charge < -0.3 is 29.3 Å². The van der Waals surface area contributed by atoms with E-state index in [-0.39, 0.29) is 23.7 Å². The molecule has 1 unspecified atom stereocenters. The van der Waals surface area contributed by atoms with Gasteiger partial charge in [0, 0.05) is 67.8 Å². The first kappa shape index (κ1) is 36.9. The van der Waals surface area contributed by atoms with Crippen molar-refractivity contribution in [3.05, 3.63) is 94.4 Å². The average molecular weight is 727 g/mol. The Balaban J connectivity index is 1.02. The number of nitriles is 1. The van der Waals surface area contributed by atoms with Gasteiger partial charge in [0.1, 0.15) is 18.1 Å². The van der Waals surface area contributed by atoms with Crippen LogP contribution in [0.5, 0.6) is 0 Å². The van der Waals surface area contributed by atoms with Gasteiger partial charge in [-0.1, -0.05) is 29.4 Å². The van der Waals surface area contributed by atoms with Crippen LogP contribution >= 0.6 is 0 Å². The van der Waals surface area contributed by atoms with E-state index < -0.39 is 6.04 Å². The van der Waals surface area contributed by atoms with Crippen LogP contribution in [0, 0.1) is 38.0 Å². The van der Waals surface area contributed by atoms with Crippen molar-refractivity contribution >= 4 is 35.2 Å². The quantitative estimate of drug-likeness (QED) is 0.131. The number of nitrogens with zero attached hydrogens (tertiary/aromatic N) is 5. The zero-order chi connectivity index (χ0) is 38.0. The number of piperidine rings is 1. The summed E-state index contributed by atoms with van der Waals surface area (Å²) in [5, 5.41) is 16.7. The number of rotatable bonds is 14. The highest BCUT2D eigenvalue weighted by atomic mass is 16.5. The van der Waals surface area contributed by atoms with E-state index in [4.69, 9.17) is 4.52 Å². The first-order chi connectivity index (χ1) is 26.2. The number of amides is 2. The Morgan fingerprint density at radius 1 is 1.09 bits per heavy atom. The zero-order valence-corrected chi connectivity index (χ0v) is 31.9. The minimum Gasteiger partial charge on any atom is -0.372 e. The number of aryl methyl sites for hydroxylation is 3. The van der Waals surface area contributed by atoms with Gasteiger partial charge in [-0.05, 0) is 130 Å². The molecule has 0 bridgehead atoms. The molecule has 1 aromatic heterocycles. The lowest BCUT2D eigenvalue weighted by molar-refractivity contribution is -0.125. The number of likely N-dealkylation sites (N-methyl/N-ethyl adjacent to an activating group) is 1. The van der Waals surface area contributed by atoms with Gasteiger partial charge in [0.05, 0.1) is 17.2 Å². The first-order valence-corrected chi connectivity index (χ1v) is 19.3. The van der Waals surface area contributed by atoms with Gasteiger partial charge in [-0.25, -0.2) is 0 Å². The molecular weight excluding hydrogens is 677 g/mol. The highest BCUT2D eigenvalue weighted by molar-refractivity contribution is 6.01. The number of benzene rings is 3. The molecule has 1 saturated carbocycles. The number of aromatic nitrogens is 1. The standard InChI is InChI=1S/C44H50N6O4/c1-29-9-10-33(41-30(2)47-54-31(41)3)26-40(29)49(36-13-11-35(12-14-36)44(28-45)19-20-44)21-5-7-32-17-22-48(23-18-32)37-15-16-38-34(25-37)27-50(43(38)53)39(8-6-24-51)42(52)46-4/h9-16,24-26,32,39H,5-8,17-23,27H2,1-4H3,(H,46,52). The highest BCUT2D eigenvalue weighted by Gasteiger charge is 2.44. The fraction of sp³-hybridized carbons (Fsp3) is 0.432. The van der Waals surface area contributed by atoms with Gasteiger partial charge in [-0.15, -0.1) is 0 Å². The van der Waals surface area contributed by atoms with Crippen molar-refractivity contribution in [3.63, 3.8) is 0 Å². The zero-order valence-electron chi connectivity index (χ0n) is 31.9. The third-order valence-corrected chi connectivity index (χ3v) is 11.9. The van der Waals surface area contributed by atoms with E-state index in [1.807, 2.05) is 26.0 Å². The number of carbonyl (C=O) groups excluding carboxylic acids is 3. The number of carbonyl (C=O) groups is 3. The summed E-state index contributed by atoms with van der Waals surface area (Å²) < 4.78 is 5.52. The molecule has 1 saturated heterocycles. The van der Waals surface area contributed by atoms with E-state index in [9.17, 15) is 19.6 Å². The molecule has 2 amide bonds. The minimum atomic E-state index is -0.664. The fourth-order valence-corrected chi connectivity index (χ4v) is 8.51. The third kappa shape index (κ3) is 7.24. The molecule has 280 valence electrons. The Labute approximate surface area is 318 Å². The lowest BCUT2D eigenvalue weighted by Crippen LogP contribution is -2.46. The van der Waals surface area contributed by atoms with Crippen LogP contribution in [0.4, 0.5) is 17.1 Å². The van der Waals surface area contributed by atoms with E-state index in [1.165, 1.54) is 5.56 Å². The maximum atomic E-state index is 13.3. The number of hydrogen-bond acceptors (Lipinski definition) is 8. The molecule has 2 fully saturated rings. The van der Waals surface area contributed by atoms with Crippen molar-refractivity contribution in [2.45, 2.75) is 90.1 Å². The molecule has 1 aliphatic carbocycles. The van der Waals surface area contributed by atoms with Crippen molar-refractivity contribution in [2.24, 2.45) is 5.92 Å². The van der Waals surface area contributed by atoms with Gasteiger partial charge >= 0.3 is 0 Å². The van der Waals surface area contributed by atoms with E-state index in [2.05, 4.69) is 81.8 Å². The number of aldehydes is 1. The first-order valence-electron chi connectivity index (χ1n) is 19.3. The third-order valence-electron chi connectivity index (χ3n) is 11.9. The van der Waals surface area contributed by atoms with Crippen LogP contribution in [0.25, 0.3) is 11.1 Å². The Morgan fingerprint density at radius 2 is 1.85 bits per heavy atom. The Kier molecular flexibility index (Phi) is 10.6. The largest absolute Gasteiger partial charge is 0.372 e. The smallest absolute Gasteiger partial charge is 0.255 e. The molecule has 1 atom stereocenters. The fourth-order valence-electron chi connectivity index (χ4n) is 8.51. The summed E-state index contributed by atoms with van der Waals surface area (Å²) in [6.07, 6.45) is 7.54. The van der Waals surface area contributed by atoms with Crippen LogP contribution in [0.15, 0.2) is 65.2 Å². The topological polar surface area (TPSA) is 123 Å². The van der Waals surface area contributed by atoms with Crippen LogP contribution in [0.2, 0.25) is 0 Å². The second-order valence-electron chi connectivity index (χ2n) is 15.3. The van der Waals surface area contributed by atoms with E-state index >= 15 is 0 Å². The van der Waals surface area contributed by atoms with Crippen LogP contribution in [-0.4, -0.2) is 60.9 Å². The number of nitrogens with one attached hydrogen (secondary N) is 1. The molecule has 2 aliphatic heterocycles. The monoisotopic (exact) mass is 726 g/mol. The highest BCUT2D eigenvalue weighted by Crippen LogP contribution is 2.48. The van der Waals surface area contributed by atoms with Crippen molar-refractivity contribution in [3.8, 4) is 17.2 Å². The molecule has 3 aliphatic rings. The van der Waals surface area contributed by atoms with Gasteiger partial charge in [0.2, 0.25) is 5.91 Å². The second-order valence-corrected chi connectivity index (χ2v) is 15.3. The molecule has 0 radical (unpaired) electrons. The maximum Gasteiger partial charge on any atom is 0.255 e. The summed E-state index contributed by atoms with van der Waals surface area (Å²) >= 11 is 0. The maximum absolute atomic E-state index is 13.3. The summed E-state index contributed by atoms with van der Waals surface area (Å²) in [5.74, 6) is 1.03. The Morgan fingerprint density at radius 3 is 2.50 bits per heavy atom. The number of anilines is 3. The Hall–Kier alpha value is -5.43. The van der Waals surface area contributed by atoms with Crippen LogP contribution < -0.4 is 15.1 Å². The average Bonchev–Trinajstić information content (AvgIpc) is 3.84. The molecule has 10 heteroatoms. The minimum absolute atomic E-state index is 0.153. The molecule has 3 aromatic carbocycles. The molecular formula is C44H50N6O4. The Bertz CT molecular complexity index is 2050. The predicted molar refractivity (Wildman–Crippen MR) is 210 cm³/mol. The molecule has 10 nitrogen and oxygen atoms in total. The van der Waals surface area contributed by atoms with Gasteiger partial charge in [-0.3, -0.25) is 9.59 Å². The summed E-state index contributed by atoms with van der Waals surface area (Å²) in [6.45, 7) is 9.25.